The zero-order valence-corrected chi connectivity index (χ0v) is 17.0. The molecule has 2 aromatic rings. The van der Waals surface area contributed by atoms with Gasteiger partial charge in [-0.3, -0.25) is 9.36 Å². The van der Waals surface area contributed by atoms with Crippen molar-refractivity contribution in [3.63, 3.8) is 0 Å². The van der Waals surface area contributed by atoms with E-state index in [9.17, 15) is 9.90 Å². The Labute approximate surface area is 160 Å². The summed E-state index contributed by atoms with van der Waals surface area (Å²) in [5.41, 5.74) is 2.99. The second-order valence-electron chi connectivity index (χ2n) is 7.90. The molecule has 1 aliphatic rings. The average Bonchev–Trinajstić information content (AvgIpc) is 2.60. The first kappa shape index (κ1) is 19.6. The number of fused-ring (bicyclic) bond motifs is 3. The molecule has 0 aromatic carbocycles. The second kappa shape index (κ2) is 7.47. The van der Waals surface area contributed by atoms with E-state index in [1.807, 2.05) is 39.8 Å². The summed E-state index contributed by atoms with van der Waals surface area (Å²) < 4.78 is 8.16. The highest BCUT2D eigenvalue weighted by Crippen LogP contribution is 2.44. The second-order valence-corrected chi connectivity index (χ2v) is 7.90. The lowest BCUT2D eigenvalue weighted by molar-refractivity contribution is 0.0349. The first-order valence-corrected chi connectivity index (χ1v) is 9.84. The molecule has 0 spiro atoms. The number of pyridine rings is 2. The van der Waals surface area contributed by atoms with E-state index in [0.29, 0.717) is 36.3 Å². The van der Waals surface area contributed by atoms with Crippen molar-refractivity contribution in [3.05, 3.63) is 45.4 Å². The molecular weight excluding hydrogens is 340 g/mol. The minimum absolute atomic E-state index is 0.0192. The van der Waals surface area contributed by atoms with Gasteiger partial charge < -0.3 is 9.84 Å². The van der Waals surface area contributed by atoms with E-state index < -0.39 is 5.60 Å². The lowest BCUT2D eigenvalue weighted by atomic mass is 9.81. The SMILES string of the molecule is CCc1ccc2c3c(c(=O)n(CC)c2n1)[C@@H](C=C(C)C)C[C@@](C)(CCO)O3. The number of hydrogen-bond acceptors (Lipinski definition) is 4. The van der Waals surface area contributed by atoms with Gasteiger partial charge in [0, 0.05) is 31.2 Å². The van der Waals surface area contributed by atoms with Gasteiger partial charge >= 0.3 is 0 Å². The van der Waals surface area contributed by atoms with Crippen LogP contribution in [0, 0.1) is 0 Å². The van der Waals surface area contributed by atoms with Crippen LogP contribution in [0.1, 0.15) is 64.6 Å². The third kappa shape index (κ3) is 3.53. The van der Waals surface area contributed by atoms with Crippen molar-refractivity contribution in [1.82, 2.24) is 9.55 Å². The molecule has 0 aliphatic carbocycles. The third-order valence-electron chi connectivity index (χ3n) is 5.38. The minimum atomic E-state index is -0.514. The van der Waals surface area contributed by atoms with E-state index in [1.165, 1.54) is 5.57 Å². The topological polar surface area (TPSA) is 64.4 Å². The van der Waals surface area contributed by atoms with Gasteiger partial charge in [0.2, 0.25) is 0 Å². The van der Waals surface area contributed by atoms with Crippen LogP contribution < -0.4 is 10.3 Å². The van der Waals surface area contributed by atoms with Crippen LogP contribution >= 0.6 is 0 Å². The van der Waals surface area contributed by atoms with Gasteiger partial charge in [0.15, 0.2) is 0 Å². The summed E-state index contributed by atoms with van der Waals surface area (Å²) in [7, 11) is 0. The Balaban J connectivity index is 2.37. The quantitative estimate of drug-likeness (QED) is 0.810. The molecule has 5 heteroatoms. The molecule has 0 radical (unpaired) electrons. The molecule has 0 saturated heterocycles. The fourth-order valence-corrected chi connectivity index (χ4v) is 4.07. The monoisotopic (exact) mass is 370 g/mol. The first-order chi connectivity index (χ1) is 12.8. The average molecular weight is 370 g/mol. The van der Waals surface area contributed by atoms with E-state index in [0.717, 1.165) is 17.5 Å². The van der Waals surface area contributed by atoms with E-state index in [4.69, 9.17) is 9.72 Å². The molecule has 1 N–H and O–H groups in total. The molecule has 2 aromatic heterocycles. The lowest BCUT2D eigenvalue weighted by Crippen LogP contribution is -2.42. The van der Waals surface area contributed by atoms with Crippen molar-refractivity contribution < 1.29 is 9.84 Å². The summed E-state index contributed by atoms with van der Waals surface area (Å²) in [5, 5.41) is 10.4. The van der Waals surface area contributed by atoms with Crippen molar-refractivity contribution in [2.45, 2.75) is 71.9 Å². The number of aryl methyl sites for hydroxylation is 2. The molecular formula is C22H30N2O3. The highest BCUT2D eigenvalue weighted by Gasteiger charge is 2.39. The molecule has 3 heterocycles. The van der Waals surface area contributed by atoms with E-state index in [2.05, 4.69) is 13.0 Å². The summed E-state index contributed by atoms with van der Waals surface area (Å²) in [6.07, 6.45) is 4.17. The number of aliphatic hydroxyl groups excluding tert-OH is 1. The maximum Gasteiger partial charge on any atom is 0.259 e. The highest BCUT2D eigenvalue weighted by atomic mass is 16.5. The van der Waals surface area contributed by atoms with Gasteiger partial charge in [0.25, 0.3) is 5.56 Å². The molecule has 0 bridgehead atoms. The number of ether oxygens (including phenoxy) is 1. The van der Waals surface area contributed by atoms with Crippen LogP contribution in [0.4, 0.5) is 0 Å². The smallest absolute Gasteiger partial charge is 0.259 e. The van der Waals surface area contributed by atoms with Gasteiger partial charge in [-0.2, -0.15) is 0 Å². The van der Waals surface area contributed by atoms with Gasteiger partial charge in [-0.15, -0.1) is 0 Å². The highest BCUT2D eigenvalue weighted by molar-refractivity contribution is 5.84. The molecule has 27 heavy (non-hydrogen) atoms. The molecule has 0 saturated carbocycles. The fourth-order valence-electron chi connectivity index (χ4n) is 4.07. The molecule has 3 rings (SSSR count). The number of nitrogens with zero attached hydrogens (tertiary/aromatic N) is 2. The largest absolute Gasteiger partial charge is 0.486 e. The zero-order chi connectivity index (χ0) is 19.8. The molecule has 2 atom stereocenters. The van der Waals surface area contributed by atoms with Crippen LogP contribution in [-0.2, 0) is 13.0 Å². The van der Waals surface area contributed by atoms with Crippen molar-refractivity contribution >= 4 is 11.0 Å². The zero-order valence-electron chi connectivity index (χ0n) is 17.0. The molecule has 0 fully saturated rings. The molecule has 5 nitrogen and oxygen atoms in total. The van der Waals surface area contributed by atoms with E-state index >= 15 is 0 Å². The van der Waals surface area contributed by atoms with Gasteiger partial charge in [-0.05, 0) is 52.7 Å². The normalized spacial score (nSPS) is 21.6. The van der Waals surface area contributed by atoms with Gasteiger partial charge in [0.1, 0.15) is 17.0 Å². The maximum absolute atomic E-state index is 13.4. The Morgan fingerprint density at radius 2 is 2.15 bits per heavy atom. The van der Waals surface area contributed by atoms with Crippen molar-refractivity contribution in [1.29, 1.82) is 0 Å². The number of aliphatic hydroxyl groups is 1. The van der Waals surface area contributed by atoms with Crippen LogP contribution in [-0.4, -0.2) is 26.9 Å². The predicted octanol–water partition coefficient (Wildman–Crippen LogP) is 3.95. The van der Waals surface area contributed by atoms with Gasteiger partial charge in [-0.25, -0.2) is 4.98 Å². The number of allylic oxidation sites excluding steroid dienone is 2. The van der Waals surface area contributed by atoms with Crippen LogP contribution in [0.3, 0.4) is 0 Å². The van der Waals surface area contributed by atoms with E-state index in [1.54, 1.807) is 4.57 Å². The molecule has 0 amide bonds. The predicted molar refractivity (Wildman–Crippen MR) is 109 cm³/mol. The first-order valence-electron chi connectivity index (χ1n) is 9.84. The summed E-state index contributed by atoms with van der Waals surface area (Å²) in [5.74, 6) is 0.607. The van der Waals surface area contributed by atoms with Crippen LogP contribution in [0.2, 0.25) is 0 Å². The molecule has 146 valence electrons. The Bertz CT molecular complexity index is 941. The number of hydrogen-bond donors (Lipinski definition) is 1. The standard InChI is InChI=1S/C22H30N2O3/c1-6-16-8-9-17-19-18(21(26)24(7-2)20(17)23-16)15(12-14(3)4)13-22(5,27-19)10-11-25/h8-9,12,15,25H,6-7,10-11,13H2,1-5H3/t15-,22+/m0/s1. The Kier molecular flexibility index (Phi) is 5.43. The van der Waals surface area contributed by atoms with Crippen LogP contribution in [0.25, 0.3) is 11.0 Å². The van der Waals surface area contributed by atoms with Crippen molar-refractivity contribution in [2.24, 2.45) is 0 Å². The third-order valence-corrected chi connectivity index (χ3v) is 5.38. The maximum atomic E-state index is 13.4. The van der Waals surface area contributed by atoms with Crippen LogP contribution in [0.5, 0.6) is 5.75 Å². The molecule has 0 unspecified atom stereocenters. The lowest BCUT2D eigenvalue weighted by Gasteiger charge is -2.39. The fraction of sp³-hybridized carbons (Fsp3) is 0.545. The van der Waals surface area contributed by atoms with Crippen molar-refractivity contribution in [2.75, 3.05) is 6.61 Å². The van der Waals surface area contributed by atoms with Gasteiger partial charge in [-0.1, -0.05) is 18.6 Å². The summed E-state index contributed by atoms with van der Waals surface area (Å²) in [6, 6.07) is 4.03. The minimum Gasteiger partial charge on any atom is -0.486 e. The van der Waals surface area contributed by atoms with Crippen LogP contribution in [0.15, 0.2) is 28.6 Å². The summed E-state index contributed by atoms with van der Waals surface area (Å²) in [6.45, 7) is 10.8. The number of aromatic nitrogens is 2. The Hall–Kier alpha value is -2.14. The summed E-state index contributed by atoms with van der Waals surface area (Å²) >= 11 is 0. The van der Waals surface area contributed by atoms with E-state index in [-0.39, 0.29) is 18.1 Å². The number of rotatable bonds is 5. The Morgan fingerprint density at radius 3 is 2.74 bits per heavy atom. The molecule has 1 aliphatic heterocycles. The summed E-state index contributed by atoms with van der Waals surface area (Å²) in [4.78, 5) is 18.1. The van der Waals surface area contributed by atoms with Gasteiger partial charge in [0.05, 0.1) is 10.9 Å². The van der Waals surface area contributed by atoms with Crippen molar-refractivity contribution in [3.8, 4) is 5.75 Å². The Morgan fingerprint density at radius 1 is 1.41 bits per heavy atom.